The number of carbonyl (C=O) groups is 5. The number of rotatable bonds is 29. The number of aliphatic hydroxyl groups excluding tert-OH is 3. The van der Waals surface area contributed by atoms with Gasteiger partial charge in [0.15, 0.2) is 15.4 Å². The molecule has 14 rings (SSSR count). The van der Waals surface area contributed by atoms with Gasteiger partial charge in [0.25, 0.3) is 0 Å². The Morgan fingerprint density at radius 1 is 0.460 bits per heavy atom. The Hall–Kier alpha value is -8.06. The number of hydrogen-bond donors (Lipinski definition) is 12. The summed E-state index contributed by atoms with van der Waals surface area (Å²) in [6.07, 6.45) is -0.942. The largest absolute Gasteiger partial charge is 0.412 e. The standard InChI is InChI=1S/C25H34N4O3.C24H31N5O2S.C17H28N4O2.C14H21N3O.C7H4ClNS.C4H9NO.2H2O.Pd/c1-19-7-6-8-20(2)25(19)27-24(32)18-29-13-11-28(12-14-29)17-22(30)15-26-16-23(31)21-9-4-3-5-10-21;1-17-6-5-7-18(2)23(17)27-22(31)16-29-12-10-28(11-13-29)15-19(30)14-25-24-26-20-8-3-4-9-21(20)32-24;1-13-4-3-5-14(2)17(13)19-16(23)12-21-8-6-20(7-9-21)11-15(22)10-18;1-11-4-3-5-12(2)14(11)16-13(18)10-17-8-6-15-7-9-17;8-7-9-5-3-1-2-4-6(5)10-7;1-5-2-4-3-6-4;;;/h3-10,22,26,30H,11-18H2,1-2H3,(H,27,32);3-9,19,30H,10-16H2,1-2H3,(H,25,26)(H,27,31);3-5,15,22H,6-12,18H2,1-2H3,(H,19,23);3-5,15H,6-10H2,1-2H3,(H,16,18);1-4H;4-5H,2-3H2,1H3;2*1H2;. The first-order valence-electron chi connectivity index (χ1n) is 42.0. The number of thiazole rings is 2. The molecule has 17 N–H and O–H groups in total. The van der Waals surface area contributed by atoms with E-state index >= 15 is 0 Å². The van der Waals surface area contributed by atoms with Crippen molar-refractivity contribution >= 4 is 112 Å². The molecule has 5 fully saturated rings. The third-order valence-corrected chi connectivity index (χ3v) is 23.5. The molecule has 0 bridgehead atoms. The van der Waals surface area contributed by atoms with Crippen LogP contribution in [0.3, 0.4) is 0 Å². The molecule has 124 heavy (non-hydrogen) atoms. The molecule has 0 saturated carbocycles. The zero-order valence-electron chi connectivity index (χ0n) is 73.2. The SMILES string of the molecule is CNCC1CO1.Cc1cccc(C)c1NC(=O)CN1CCN(CC(O)CN)CC1.Cc1cccc(C)c1NC(=O)CN1CCN(CC(O)CNCC(=O)c2ccccc2)CC1.Cc1cccc(C)c1NC(=O)CN1CCN(CC(O)CNc2nc3ccccc3s2)CC1.Cc1cccc(C)c1NC(=O)CN1CCNCC1.Clc1nc2ccccc2s1.O.O.[Pd]. The third kappa shape index (κ3) is 36.7. The second-order valence-electron chi connectivity index (χ2n) is 31.4. The summed E-state index contributed by atoms with van der Waals surface area (Å²) in [5.41, 5.74) is 20.5. The Kier molecular flexibility index (Phi) is 46.9. The Morgan fingerprint density at radius 2 is 0.790 bits per heavy atom. The number of anilines is 5. The number of aliphatic hydroxyl groups is 3. The van der Waals surface area contributed by atoms with E-state index in [0.717, 1.165) is 211 Å². The maximum absolute atomic E-state index is 12.5. The summed E-state index contributed by atoms with van der Waals surface area (Å²) in [6, 6.07) is 49.2. The monoisotopic (exact) mass is 1860 g/mol. The van der Waals surface area contributed by atoms with Crippen molar-refractivity contribution in [2.75, 3.05) is 223 Å². The van der Waals surface area contributed by atoms with Crippen molar-refractivity contribution in [2.24, 2.45) is 5.73 Å². The van der Waals surface area contributed by atoms with Gasteiger partial charge in [-0.15, -0.1) is 11.3 Å². The van der Waals surface area contributed by atoms with Crippen LogP contribution in [0.5, 0.6) is 0 Å². The van der Waals surface area contributed by atoms with E-state index in [9.17, 15) is 39.3 Å². The number of piperazine rings is 4. The van der Waals surface area contributed by atoms with Crippen LogP contribution in [0, 0.1) is 55.4 Å². The molecule has 5 aliphatic heterocycles. The van der Waals surface area contributed by atoms with Gasteiger partial charge in [-0.25, -0.2) is 9.97 Å². The van der Waals surface area contributed by atoms with Crippen LogP contribution in [-0.2, 0) is 44.3 Å². The minimum atomic E-state index is -0.544. The van der Waals surface area contributed by atoms with Crippen LogP contribution < -0.4 is 48.3 Å². The van der Waals surface area contributed by atoms with Crippen molar-refractivity contribution in [3.8, 4) is 0 Å². The summed E-state index contributed by atoms with van der Waals surface area (Å²) in [5, 5.41) is 56.0. The fourth-order valence-corrected chi connectivity index (χ4v) is 16.3. The summed E-state index contributed by atoms with van der Waals surface area (Å²) in [6.45, 7) is 36.5. The summed E-state index contributed by atoms with van der Waals surface area (Å²) in [4.78, 5) is 85.3. The van der Waals surface area contributed by atoms with Gasteiger partial charge in [0.05, 0.1) is 84.2 Å². The minimum Gasteiger partial charge on any atom is -0.412 e. The number of halogens is 1. The van der Waals surface area contributed by atoms with Gasteiger partial charge in [0.2, 0.25) is 23.6 Å². The first-order chi connectivity index (χ1) is 58.3. The van der Waals surface area contributed by atoms with Gasteiger partial charge in [0, 0.05) is 199 Å². The number of fused-ring (bicyclic) bond motifs is 2. The Morgan fingerprint density at radius 3 is 1.14 bits per heavy atom. The summed E-state index contributed by atoms with van der Waals surface area (Å²) in [5.74, 6) is 0.150. The van der Waals surface area contributed by atoms with Crippen LogP contribution >= 0.6 is 34.3 Å². The van der Waals surface area contributed by atoms with E-state index in [1.165, 1.54) is 11.3 Å². The maximum atomic E-state index is 12.5. The van der Waals surface area contributed by atoms with Crippen molar-refractivity contribution in [2.45, 2.75) is 79.8 Å². The van der Waals surface area contributed by atoms with Gasteiger partial charge >= 0.3 is 0 Å². The average molecular weight is 1860 g/mol. The third-order valence-electron chi connectivity index (χ3n) is 21.4. The maximum Gasteiger partial charge on any atom is 0.238 e. The molecule has 5 aliphatic rings. The number of hydrogen-bond acceptors (Lipinski definition) is 25. The first kappa shape index (κ1) is 105. The molecule has 9 aromatic rings. The van der Waals surface area contributed by atoms with Gasteiger partial charge in [0.1, 0.15) is 0 Å². The first-order valence-corrected chi connectivity index (χ1v) is 44.0. The number of nitrogens with two attached hydrogens (primary N) is 1. The van der Waals surface area contributed by atoms with E-state index in [1.807, 2.05) is 196 Å². The molecule has 0 radical (unpaired) electrons. The molecule has 0 aliphatic carbocycles. The number of nitrogens with one attached hydrogen (secondary N) is 8. The van der Waals surface area contributed by atoms with Gasteiger partial charge in [-0.1, -0.05) is 150 Å². The molecule has 33 heteroatoms. The molecule has 2 aromatic heterocycles. The van der Waals surface area contributed by atoms with Gasteiger partial charge < -0.3 is 79.3 Å². The number of β-amino-alcohol motifs (C(OH)–C–C–N with tert-alkyl or cyclic N) is 3. The predicted octanol–water partition coefficient (Wildman–Crippen LogP) is 6.86. The van der Waals surface area contributed by atoms with Gasteiger partial charge in [-0.2, -0.15) is 0 Å². The quantitative estimate of drug-likeness (QED) is 0.0129. The molecule has 5 saturated heterocycles. The van der Waals surface area contributed by atoms with E-state index in [0.29, 0.717) is 81.6 Å². The van der Waals surface area contributed by atoms with E-state index in [1.54, 1.807) is 23.5 Å². The average Bonchev–Trinajstić information content (AvgIpc) is 1.70. The zero-order valence-corrected chi connectivity index (χ0v) is 77.1. The van der Waals surface area contributed by atoms with Crippen LogP contribution in [-0.4, -0.2) is 321 Å². The number of Topliss-reactive ketones (excluding diaryl/α,β-unsaturated/α-hetero) is 1. The van der Waals surface area contributed by atoms with E-state index in [-0.39, 0.29) is 67.3 Å². The van der Waals surface area contributed by atoms with Crippen LogP contribution in [0.2, 0.25) is 4.47 Å². The molecule has 4 amide bonds. The number of ether oxygens (including phenoxy) is 1. The fourth-order valence-electron chi connectivity index (χ4n) is 14.4. The molecule has 0 spiro atoms. The van der Waals surface area contributed by atoms with E-state index in [4.69, 9.17) is 22.1 Å². The van der Waals surface area contributed by atoms with Crippen molar-refractivity contribution < 1.29 is 75.4 Å². The molecule has 7 heterocycles. The molecule has 4 unspecified atom stereocenters. The van der Waals surface area contributed by atoms with Crippen molar-refractivity contribution in [3.05, 3.63) is 206 Å². The number of para-hydroxylation sites is 6. The van der Waals surface area contributed by atoms with Crippen LogP contribution in [0.15, 0.2) is 152 Å². The summed E-state index contributed by atoms with van der Waals surface area (Å²) < 4.78 is 7.79. The number of ketones is 1. The number of benzene rings is 7. The number of nitrogens with zero attached hydrogens (tertiary/aromatic N) is 9. The van der Waals surface area contributed by atoms with Crippen LogP contribution in [0.1, 0.15) is 54.9 Å². The van der Waals surface area contributed by atoms with Gasteiger partial charge in [-0.05, 0) is 131 Å². The van der Waals surface area contributed by atoms with E-state index in [2.05, 4.69) is 92.9 Å². The normalized spacial score (nSPS) is 16.4. The number of epoxide rings is 1. The van der Waals surface area contributed by atoms with Gasteiger partial charge in [-0.3, -0.25) is 58.3 Å². The minimum absolute atomic E-state index is 0. The Bertz CT molecular complexity index is 4550. The topological polar surface area (TPSA) is 392 Å². The second-order valence-corrected chi connectivity index (χ2v) is 34.1. The number of aryl methyl sites for hydroxylation is 8. The van der Waals surface area contributed by atoms with Crippen LogP contribution in [0.4, 0.5) is 27.9 Å². The van der Waals surface area contributed by atoms with Crippen molar-refractivity contribution in [1.29, 1.82) is 0 Å². The van der Waals surface area contributed by atoms with Crippen molar-refractivity contribution in [1.82, 2.24) is 60.2 Å². The molecule has 29 nitrogen and oxygen atoms in total. The second kappa shape index (κ2) is 55.5. The fraction of sp³-hybridized carbons (Fsp3) is 0.462. The number of aromatic nitrogens is 2. The smallest absolute Gasteiger partial charge is 0.238 e. The Labute approximate surface area is 757 Å². The number of likely N-dealkylation sites (N-methyl/N-ethyl adjacent to an activating group) is 1. The number of amides is 4. The molecule has 680 valence electrons. The Balaban J connectivity index is 0.000000242. The molecular weight excluding hydrogens is 1730 g/mol. The zero-order chi connectivity index (χ0) is 86.6. The summed E-state index contributed by atoms with van der Waals surface area (Å²) >= 11 is 8.80. The predicted molar refractivity (Wildman–Crippen MR) is 500 cm³/mol. The van der Waals surface area contributed by atoms with Crippen LogP contribution in [0.25, 0.3) is 20.4 Å². The molecular formula is C91H131ClN18O11PdS2. The summed E-state index contributed by atoms with van der Waals surface area (Å²) in [7, 11) is 1.93. The molecule has 4 atom stereocenters. The van der Waals surface area contributed by atoms with Crippen molar-refractivity contribution in [3.63, 3.8) is 0 Å². The number of carbonyl (C=O) groups excluding carboxylic acids is 5. The van der Waals surface area contributed by atoms with E-state index < -0.39 is 18.3 Å². The molecule has 7 aromatic carbocycles.